The molecule has 0 spiro atoms. The highest BCUT2D eigenvalue weighted by Crippen LogP contribution is 2.38. The zero-order chi connectivity index (χ0) is 17.4. The van der Waals surface area contributed by atoms with E-state index >= 15 is 0 Å². The van der Waals surface area contributed by atoms with Crippen LogP contribution in [0.3, 0.4) is 0 Å². The summed E-state index contributed by atoms with van der Waals surface area (Å²) >= 11 is 0. The molecule has 4 rings (SSSR count). The Balaban J connectivity index is 1.71. The average Bonchev–Trinajstić information content (AvgIpc) is 3.06. The van der Waals surface area contributed by atoms with Crippen LogP contribution in [-0.2, 0) is 4.74 Å². The van der Waals surface area contributed by atoms with Gasteiger partial charge in [-0.05, 0) is 18.6 Å². The average molecular weight is 340 g/mol. The standard InChI is InChI=1S/C16H16N6O3/c1-25-15(23)13-18-8-11-14(20-13)22(10-5-7-21(11)9-10)16(24)19-12-4-2-3-6-17-12/h2-4,6,8,10H,5,7,9H2,1H3,(H,17,19,24)/t10-/m0/s1. The number of fused-ring (bicyclic) bond motifs is 4. The molecule has 2 aromatic heterocycles. The Bertz CT molecular complexity index is 828. The molecule has 2 bridgehead atoms. The van der Waals surface area contributed by atoms with Gasteiger partial charge in [0.1, 0.15) is 5.82 Å². The van der Waals surface area contributed by atoms with Crippen LogP contribution in [0.25, 0.3) is 0 Å². The van der Waals surface area contributed by atoms with Crippen LogP contribution >= 0.6 is 0 Å². The second kappa shape index (κ2) is 6.00. The van der Waals surface area contributed by atoms with Crippen molar-refractivity contribution in [2.45, 2.75) is 12.5 Å². The Hall–Kier alpha value is -3.23. The quantitative estimate of drug-likeness (QED) is 0.822. The topological polar surface area (TPSA) is 101 Å². The molecule has 0 aromatic carbocycles. The summed E-state index contributed by atoms with van der Waals surface area (Å²) in [5.74, 6) is 0.162. The summed E-state index contributed by atoms with van der Waals surface area (Å²) in [6, 6.07) is 4.93. The van der Waals surface area contributed by atoms with E-state index in [1.54, 1.807) is 35.5 Å². The monoisotopic (exact) mass is 340 g/mol. The summed E-state index contributed by atoms with van der Waals surface area (Å²) < 4.78 is 4.68. The van der Waals surface area contributed by atoms with Gasteiger partial charge in [-0.3, -0.25) is 10.2 Å². The first-order valence-corrected chi connectivity index (χ1v) is 7.89. The fourth-order valence-corrected chi connectivity index (χ4v) is 3.17. The number of anilines is 3. The number of ether oxygens (including phenoxy) is 1. The van der Waals surface area contributed by atoms with E-state index in [9.17, 15) is 9.59 Å². The van der Waals surface area contributed by atoms with Gasteiger partial charge in [0.2, 0.25) is 5.82 Å². The van der Waals surface area contributed by atoms with E-state index in [0.717, 1.165) is 18.7 Å². The van der Waals surface area contributed by atoms with E-state index in [2.05, 4.69) is 29.9 Å². The molecule has 9 nitrogen and oxygen atoms in total. The Morgan fingerprint density at radius 3 is 2.96 bits per heavy atom. The molecule has 1 saturated heterocycles. The van der Waals surface area contributed by atoms with Crippen LogP contribution in [-0.4, -0.2) is 53.2 Å². The predicted octanol–water partition coefficient (Wildman–Crippen LogP) is 1.29. The molecule has 9 heteroatoms. The molecule has 25 heavy (non-hydrogen) atoms. The van der Waals surface area contributed by atoms with E-state index in [0.29, 0.717) is 18.2 Å². The number of esters is 1. The lowest BCUT2D eigenvalue weighted by atomic mass is 10.2. The molecule has 0 aliphatic carbocycles. The zero-order valence-electron chi connectivity index (χ0n) is 13.5. The van der Waals surface area contributed by atoms with Crippen LogP contribution < -0.4 is 15.1 Å². The Morgan fingerprint density at radius 2 is 2.20 bits per heavy atom. The van der Waals surface area contributed by atoms with E-state index < -0.39 is 5.97 Å². The molecule has 2 aliphatic heterocycles. The van der Waals surface area contributed by atoms with Crippen molar-refractivity contribution in [3.63, 3.8) is 0 Å². The molecule has 1 fully saturated rings. The fraction of sp³-hybridized carbons (Fsp3) is 0.312. The lowest BCUT2D eigenvalue weighted by Gasteiger charge is -2.35. The Kier molecular flexibility index (Phi) is 3.68. The van der Waals surface area contributed by atoms with Gasteiger partial charge in [0.25, 0.3) is 0 Å². The fourth-order valence-electron chi connectivity index (χ4n) is 3.17. The maximum atomic E-state index is 12.8. The lowest BCUT2D eigenvalue weighted by Crippen LogP contribution is -2.48. The maximum absolute atomic E-state index is 12.8. The van der Waals surface area contributed by atoms with Gasteiger partial charge in [-0.1, -0.05) is 6.07 Å². The Labute approximate surface area is 143 Å². The van der Waals surface area contributed by atoms with Crippen molar-refractivity contribution in [2.24, 2.45) is 0 Å². The number of urea groups is 1. The van der Waals surface area contributed by atoms with Gasteiger partial charge in [0.05, 0.1) is 25.0 Å². The summed E-state index contributed by atoms with van der Waals surface area (Å²) in [7, 11) is 1.27. The van der Waals surface area contributed by atoms with Crippen molar-refractivity contribution < 1.29 is 14.3 Å². The van der Waals surface area contributed by atoms with Gasteiger partial charge in [0, 0.05) is 19.3 Å². The molecule has 128 valence electrons. The number of rotatable bonds is 2. The second-order valence-corrected chi connectivity index (χ2v) is 5.80. The van der Waals surface area contributed by atoms with Gasteiger partial charge in [-0.2, -0.15) is 0 Å². The molecular weight excluding hydrogens is 324 g/mol. The SMILES string of the molecule is COC(=O)c1ncc2c(n1)N(C(=O)Nc1ccccn1)[C@H]1CCN2C1. The first-order valence-electron chi connectivity index (χ1n) is 7.89. The van der Waals surface area contributed by atoms with E-state index in [4.69, 9.17) is 0 Å². The third-order valence-corrected chi connectivity index (χ3v) is 4.33. The van der Waals surface area contributed by atoms with Gasteiger partial charge < -0.3 is 9.64 Å². The predicted molar refractivity (Wildman–Crippen MR) is 89.7 cm³/mol. The molecule has 0 unspecified atom stereocenters. The smallest absolute Gasteiger partial charge is 0.376 e. The van der Waals surface area contributed by atoms with E-state index in [1.165, 1.54) is 7.11 Å². The summed E-state index contributed by atoms with van der Waals surface area (Å²) in [5, 5.41) is 2.78. The number of pyridine rings is 1. The number of aromatic nitrogens is 3. The van der Waals surface area contributed by atoms with Gasteiger partial charge >= 0.3 is 12.0 Å². The third-order valence-electron chi connectivity index (χ3n) is 4.33. The minimum absolute atomic E-state index is 0.0170. The minimum Gasteiger partial charge on any atom is -0.463 e. The molecule has 2 aromatic rings. The number of nitrogens with zero attached hydrogens (tertiary/aromatic N) is 5. The molecule has 1 N–H and O–H groups in total. The highest BCUT2D eigenvalue weighted by molar-refractivity contribution is 6.04. The van der Waals surface area contributed by atoms with E-state index in [1.807, 2.05) is 0 Å². The molecule has 1 atom stereocenters. The molecular formula is C16H16N6O3. The van der Waals surface area contributed by atoms with Gasteiger partial charge in [0.15, 0.2) is 5.82 Å². The first-order chi connectivity index (χ1) is 12.2. The highest BCUT2D eigenvalue weighted by Gasteiger charge is 2.41. The minimum atomic E-state index is -0.638. The van der Waals surface area contributed by atoms with Crippen molar-refractivity contribution in [2.75, 3.05) is 35.3 Å². The van der Waals surface area contributed by atoms with Crippen LogP contribution in [0.2, 0.25) is 0 Å². The molecule has 2 aliphatic rings. The van der Waals surface area contributed by atoms with Crippen molar-refractivity contribution in [1.29, 1.82) is 0 Å². The van der Waals surface area contributed by atoms with Crippen molar-refractivity contribution in [3.8, 4) is 0 Å². The number of hydrogen-bond donors (Lipinski definition) is 1. The zero-order valence-corrected chi connectivity index (χ0v) is 13.5. The number of nitrogens with one attached hydrogen (secondary N) is 1. The van der Waals surface area contributed by atoms with Crippen LogP contribution in [0, 0.1) is 0 Å². The van der Waals surface area contributed by atoms with Crippen molar-refractivity contribution >= 4 is 29.3 Å². The summed E-state index contributed by atoms with van der Waals surface area (Å²) in [6.07, 6.45) is 3.99. The molecule has 0 saturated carbocycles. The summed E-state index contributed by atoms with van der Waals surface area (Å²) in [5.41, 5.74) is 0.734. The lowest BCUT2D eigenvalue weighted by molar-refractivity contribution is 0.0586. The molecule has 0 radical (unpaired) electrons. The van der Waals surface area contributed by atoms with Crippen LogP contribution in [0.1, 0.15) is 17.0 Å². The molecule has 2 amide bonds. The normalized spacial score (nSPS) is 17.9. The number of amides is 2. The third kappa shape index (κ3) is 2.63. The number of carbonyl (C=O) groups is 2. The van der Waals surface area contributed by atoms with Gasteiger partial charge in [-0.15, -0.1) is 0 Å². The van der Waals surface area contributed by atoms with Crippen LogP contribution in [0.4, 0.5) is 22.1 Å². The number of carbonyl (C=O) groups excluding carboxylic acids is 2. The van der Waals surface area contributed by atoms with Gasteiger partial charge in [-0.25, -0.2) is 24.5 Å². The second-order valence-electron chi connectivity index (χ2n) is 5.80. The molecule has 4 heterocycles. The van der Waals surface area contributed by atoms with Crippen LogP contribution in [0.15, 0.2) is 30.6 Å². The Morgan fingerprint density at radius 1 is 1.32 bits per heavy atom. The van der Waals surface area contributed by atoms with Crippen molar-refractivity contribution in [3.05, 3.63) is 36.4 Å². The van der Waals surface area contributed by atoms with Crippen molar-refractivity contribution in [1.82, 2.24) is 15.0 Å². The number of methoxy groups -OCH3 is 1. The van der Waals surface area contributed by atoms with E-state index in [-0.39, 0.29) is 17.9 Å². The summed E-state index contributed by atoms with van der Waals surface area (Å²) in [4.78, 5) is 40.8. The number of hydrogen-bond acceptors (Lipinski definition) is 7. The van der Waals surface area contributed by atoms with Crippen LogP contribution in [0.5, 0.6) is 0 Å². The largest absolute Gasteiger partial charge is 0.463 e. The maximum Gasteiger partial charge on any atom is 0.376 e. The highest BCUT2D eigenvalue weighted by atomic mass is 16.5. The summed E-state index contributed by atoms with van der Waals surface area (Å²) in [6.45, 7) is 1.52. The first kappa shape index (κ1) is 15.3.